The van der Waals surface area contributed by atoms with Crippen LogP contribution < -0.4 is 9.80 Å². The maximum Gasteiger partial charge on any atom is 0.211 e. The highest BCUT2D eigenvalue weighted by atomic mass is 35.5. The molecule has 1 unspecified atom stereocenters. The summed E-state index contributed by atoms with van der Waals surface area (Å²) in [5.74, 6) is 1.11. The molecule has 0 saturated carbocycles. The van der Waals surface area contributed by atoms with Crippen molar-refractivity contribution in [1.82, 2.24) is 24.2 Å². The van der Waals surface area contributed by atoms with Crippen molar-refractivity contribution in [3.8, 4) is 28.1 Å². The Morgan fingerprint density at radius 3 is 2.39 bits per heavy atom. The van der Waals surface area contributed by atoms with E-state index < -0.39 is 6.35 Å². The number of imidazole rings is 1. The fraction of sp³-hybridized carbons (Fsp3) is 0.355. The molecule has 4 aromatic rings. The second-order valence-corrected chi connectivity index (χ2v) is 12.2. The van der Waals surface area contributed by atoms with Crippen LogP contribution in [0.2, 0.25) is 5.02 Å². The highest BCUT2D eigenvalue weighted by Gasteiger charge is 2.28. The number of aromatic hydroxyl groups is 1. The Balaban J connectivity index is 1.38. The maximum atomic E-state index is 11.6. The number of halogens is 1. The van der Waals surface area contributed by atoms with E-state index >= 15 is 0 Å². The van der Waals surface area contributed by atoms with Gasteiger partial charge in [-0.1, -0.05) is 17.7 Å². The van der Waals surface area contributed by atoms with Crippen LogP contribution in [0.1, 0.15) is 26.5 Å². The van der Waals surface area contributed by atoms with E-state index in [2.05, 4.69) is 46.0 Å². The summed E-state index contributed by atoms with van der Waals surface area (Å²) in [6.45, 7) is 12.4. The monoisotopic (exact) mass is 573 g/mol. The molecule has 214 valence electrons. The fourth-order valence-corrected chi connectivity index (χ4v) is 5.97. The number of hydrogen-bond acceptors (Lipinski definition) is 8. The molecule has 0 aliphatic carbocycles. The van der Waals surface area contributed by atoms with Gasteiger partial charge in [-0.05, 0) is 63.6 Å². The van der Waals surface area contributed by atoms with E-state index in [1.54, 1.807) is 35.4 Å². The van der Waals surface area contributed by atoms with Gasteiger partial charge in [0.2, 0.25) is 6.35 Å². The lowest BCUT2D eigenvalue weighted by atomic mass is 10.00. The minimum Gasteiger partial charge on any atom is -0.505 e. The normalized spacial score (nSPS) is 18.2. The Hall–Kier alpha value is -3.79. The Morgan fingerprint density at radius 2 is 1.73 bits per heavy atom. The summed E-state index contributed by atoms with van der Waals surface area (Å²) in [6, 6.07) is 11.5. The smallest absolute Gasteiger partial charge is 0.211 e. The third kappa shape index (κ3) is 4.98. The molecule has 0 radical (unpaired) electrons. The third-order valence-electron chi connectivity index (χ3n) is 8.04. The molecule has 2 aliphatic rings. The van der Waals surface area contributed by atoms with E-state index in [-0.39, 0.29) is 11.3 Å². The van der Waals surface area contributed by atoms with E-state index in [9.17, 15) is 10.2 Å². The molecule has 0 spiro atoms. The second-order valence-electron chi connectivity index (χ2n) is 11.8. The lowest BCUT2D eigenvalue weighted by Gasteiger charge is -2.43. The molecule has 6 rings (SSSR count). The molecule has 1 fully saturated rings. The summed E-state index contributed by atoms with van der Waals surface area (Å²) in [5.41, 5.74) is 5.08. The van der Waals surface area contributed by atoms with Gasteiger partial charge >= 0.3 is 0 Å². The molecule has 9 nitrogen and oxygen atoms in total. The van der Waals surface area contributed by atoms with Crippen molar-refractivity contribution in [1.29, 1.82) is 0 Å². The number of anilines is 2. The van der Waals surface area contributed by atoms with Gasteiger partial charge in [-0.2, -0.15) is 0 Å². The average Bonchev–Trinajstić information content (AvgIpc) is 3.55. The highest BCUT2D eigenvalue weighted by molar-refractivity contribution is 6.33. The van der Waals surface area contributed by atoms with E-state index in [1.165, 1.54) is 0 Å². The van der Waals surface area contributed by atoms with Gasteiger partial charge in [0.25, 0.3) is 0 Å². The number of rotatable bonds is 4. The van der Waals surface area contributed by atoms with Gasteiger partial charge in [0, 0.05) is 80.4 Å². The topological polar surface area (TPSA) is 83.6 Å². The molecule has 10 heteroatoms. The zero-order chi connectivity index (χ0) is 29.1. The first kappa shape index (κ1) is 27.4. The van der Waals surface area contributed by atoms with Crippen LogP contribution in [0.5, 0.6) is 5.75 Å². The first-order valence-electron chi connectivity index (χ1n) is 13.9. The van der Waals surface area contributed by atoms with Crippen molar-refractivity contribution < 1.29 is 10.2 Å². The predicted octanol–water partition coefficient (Wildman–Crippen LogP) is 5.15. The van der Waals surface area contributed by atoms with Crippen LogP contribution in [0.3, 0.4) is 0 Å². The van der Waals surface area contributed by atoms with Crippen molar-refractivity contribution >= 4 is 28.8 Å². The Kier molecular flexibility index (Phi) is 6.84. The SMILES string of the molecule is Cc1cc(-c2ccc(N3C=CN(C)C3O)c(Cl)c2)c(O)c(-c2cc(N3CCN(C(C)(C)C)CC3)n3ccnc3c2)n1. The molecular weight excluding hydrogens is 538 g/mol. The minimum atomic E-state index is -0.829. The molecule has 0 bridgehead atoms. The third-order valence-corrected chi connectivity index (χ3v) is 8.35. The summed E-state index contributed by atoms with van der Waals surface area (Å²) in [4.78, 5) is 17.6. The molecule has 1 aromatic carbocycles. The summed E-state index contributed by atoms with van der Waals surface area (Å²) < 4.78 is 2.10. The number of piperazine rings is 1. The van der Waals surface area contributed by atoms with E-state index in [0.29, 0.717) is 22.0 Å². The standard InChI is InChI=1S/C31H36ClN7O2/c1-20-16-23(21-6-7-25(24(32)17-21)38-15-10-35(5)30(38)41)29(40)28(34-20)22-18-26-33-8-9-39(26)27(19-22)36-11-13-37(14-12-36)31(2,3)4/h6-10,15-19,30,40-41H,11-14H2,1-5H3. The van der Waals surface area contributed by atoms with Crippen LogP contribution in [0, 0.1) is 6.92 Å². The van der Waals surface area contributed by atoms with E-state index in [1.807, 2.05) is 43.5 Å². The summed E-state index contributed by atoms with van der Waals surface area (Å²) >= 11 is 6.70. The fourth-order valence-electron chi connectivity index (χ4n) is 5.69. The molecule has 3 aromatic heterocycles. The van der Waals surface area contributed by atoms with Crippen molar-refractivity contribution in [2.75, 3.05) is 43.0 Å². The van der Waals surface area contributed by atoms with E-state index in [0.717, 1.165) is 54.5 Å². The van der Waals surface area contributed by atoms with Gasteiger partial charge in [-0.25, -0.2) is 9.97 Å². The molecule has 0 amide bonds. The Labute approximate surface area is 245 Å². The van der Waals surface area contributed by atoms with Gasteiger partial charge in [0.1, 0.15) is 22.9 Å². The van der Waals surface area contributed by atoms with Gasteiger partial charge in [-0.3, -0.25) is 9.30 Å². The lowest BCUT2D eigenvalue weighted by molar-refractivity contribution is 0.0729. The first-order chi connectivity index (χ1) is 19.5. The van der Waals surface area contributed by atoms with Gasteiger partial charge in [-0.15, -0.1) is 0 Å². The van der Waals surface area contributed by atoms with Crippen molar-refractivity contribution in [2.45, 2.75) is 39.6 Å². The number of hydrogen-bond donors (Lipinski definition) is 2. The van der Waals surface area contributed by atoms with Crippen molar-refractivity contribution in [3.63, 3.8) is 0 Å². The number of pyridine rings is 2. The van der Waals surface area contributed by atoms with E-state index in [4.69, 9.17) is 16.6 Å². The molecule has 1 saturated heterocycles. The van der Waals surface area contributed by atoms with Gasteiger partial charge < -0.3 is 24.9 Å². The van der Waals surface area contributed by atoms with Crippen molar-refractivity contribution in [2.24, 2.45) is 0 Å². The Bertz CT molecular complexity index is 1640. The molecule has 2 aliphatic heterocycles. The average molecular weight is 574 g/mol. The minimum absolute atomic E-state index is 0.0830. The Morgan fingerprint density at radius 1 is 0.976 bits per heavy atom. The van der Waals surface area contributed by atoms with Crippen molar-refractivity contribution in [3.05, 3.63) is 71.9 Å². The van der Waals surface area contributed by atoms with Crippen LogP contribution in [-0.4, -0.2) is 79.5 Å². The quantitative estimate of drug-likeness (QED) is 0.347. The van der Waals surface area contributed by atoms with Crippen LogP contribution >= 0.6 is 11.6 Å². The number of aliphatic hydroxyl groups excluding tert-OH is 1. The predicted molar refractivity (Wildman–Crippen MR) is 164 cm³/mol. The molecule has 5 heterocycles. The summed E-state index contributed by atoms with van der Waals surface area (Å²) in [7, 11) is 1.79. The second kappa shape index (κ2) is 10.2. The first-order valence-corrected chi connectivity index (χ1v) is 14.2. The number of benzene rings is 1. The number of aryl methyl sites for hydroxylation is 1. The largest absolute Gasteiger partial charge is 0.505 e. The molecule has 2 N–H and O–H groups in total. The molecular formula is C31H36ClN7O2. The zero-order valence-electron chi connectivity index (χ0n) is 24.1. The van der Waals surface area contributed by atoms with Crippen LogP contribution in [0.25, 0.3) is 28.0 Å². The number of aromatic nitrogens is 3. The maximum absolute atomic E-state index is 11.6. The summed E-state index contributed by atoms with van der Waals surface area (Å²) in [6.07, 6.45) is 6.52. The van der Waals surface area contributed by atoms with Crippen LogP contribution in [-0.2, 0) is 0 Å². The van der Waals surface area contributed by atoms with Gasteiger partial charge in [0.15, 0.2) is 0 Å². The summed E-state index contributed by atoms with van der Waals surface area (Å²) in [5, 5.41) is 22.5. The number of fused-ring (bicyclic) bond motifs is 1. The molecule has 41 heavy (non-hydrogen) atoms. The van der Waals surface area contributed by atoms with Crippen LogP contribution in [0.15, 0.2) is 61.2 Å². The van der Waals surface area contributed by atoms with Crippen LogP contribution in [0.4, 0.5) is 11.5 Å². The number of aliphatic hydroxyl groups is 1. The molecule has 1 atom stereocenters. The number of nitrogens with zero attached hydrogens (tertiary/aromatic N) is 7. The zero-order valence-corrected chi connectivity index (χ0v) is 24.8. The lowest BCUT2D eigenvalue weighted by Crippen LogP contribution is -2.53. The highest BCUT2D eigenvalue weighted by Crippen LogP contribution is 2.41. The van der Waals surface area contributed by atoms with Gasteiger partial charge in [0.05, 0.1) is 10.7 Å².